The number of amides is 3. The van der Waals surface area contributed by atoms with Gasteiger partial charge in [0.25, 0.3) is 5.91 Å². The van der Waals surface area contributed by atoms with Crippen molar-refractivity contribution in [3.8, 4) is 0 Å². The van der Waals surface area contributed by atoms with Gasteiger partial charge in [0.15, 0.2) is 0 Å². The third kappa shape index (κ3) is 4.91. The first-order chi connectivity index (χ1) is 15.9. The van der Waals surface area contributed by atoms with Gasteiger partial charge in [-0.05, 0) is 76.3 Å². The first-order valence-electron chi connectivity index (χ1n) is 12.5. The van der Waals surface area contributed by atoms with E-state index in [2.05, 4.69) is 29.5 Å². The number of urea groups is 1. The molecule has 3 amide bonds. The van der Waals surface area contributed by atoms with E-state index in [4.69, 9.17) is 0 Å². The molecule has 6 heteroatoms. The van der Waals surface area contributed by atoms with Crippen molar-refractivity contribution in [2.24, 2.45) is 5.92 Å². The Morgan fingerprint density at radius 3 is 2.67 bits per heavy atom. The van der Waals surface area contributed by atoms with E-state index in [1.54, 1.807) is 6.20 Å². The predicted octanol–water partition coefficient (Wildman–Crippen LogP) is 4.44. The number of nitrogens with zero attached hydrogens (tertiary/aromatic N) is 4. The highest BCUT2D eigenvalue weighted by Gasteiger charge is 2.57. The number of piperidine rings is 1. The number of imide groups is 1. The van der Waals surface area contributed by atoms with E-state index in [0.29, 0.717) is 19.0 Å². The molecule has 0 bridgehead atoms. The van der Waals surface area contributed by atoms with Crippen molar-refractivity contribution in [3.63, 3.8) is 0 Å². The van der Waals surface area contributed by atoms with Gasteiger partial charge >= 0.3 is 6.03 Å². The molecule has 0 N–H and O–H groups in total. The molecule has 2 aliphatic heterocycles. The number of rotatable bonds is 8. The van der Waals surface area contributed by atoms with Crippen molar-refractivity contribution in [3.05, 3.63) is 53.9 Å². The number of likely N-dealkylation sites (N-methyl/N-ethyl adjacent to an activating group) is 1. The lowest BCUT2D eigenvalue weighted by molar-refractivity contribution is -0.135. The third-order valence-corrected chi connectivity index (χ3v) is 7.82. The van der Waals surface area contributed by atoms with Gasteiger partial charge < -0.3 is 4.90 Å². The zero-order valence-corrected chi connectivity index (χ0v) is 20.3. The lowest BCUT2D eigenvalue weighted by Gasteiger charge is -2.42. The quantitative estimate of drug-likeness (QED) is 0.434. The fraction of sp³-hybridized carbons (Fsp3) is 0.593. The summed E-state index contributed by atoms with van der Waals surface area (Å²) in [5, 5.41) is 0. The molecule has 0 saturated carbocycles. The number of hydrogen-bond donors (Lipinski definition) is 0. The monoisotopic (exact) mass is 450 g/mol. The minimum absolute atomic E-state index is 0.0152. The standard InChI is InChI=1S/C27H38N4O2/c1-4-31-26(33)30(16-6-8-22-7-5-15-28-19-22)25(32)27(31)13-17-29(18-14-27)20-23-9-11-24(12-10-23)21(2)3/h5,7,9,15,19,24H,2,4,6,8,10-14,16-18,20H2,1,3H3/t24-/m1/s1. The molecule has 2 fully saturated rings. The van der Waals surface area contributed by atoms with Gasteiger partial charge in [-0.2, -0.15) is 0 Å². The van der Waals surface area contributed by atoms with Crippen LogP contribution in [0.15, 0.2) is 48.3 Å². The van der Waals surface area contributed by atoms with Crippen LogP contribution in [0.4, 0.5) is 4.79 Å². The van der Waals surface area contributed by atoms with Crippen LogP contribution in [0.1, 0.15) is 57.9 Å². The second-order valence-electron chi connectivity index (χ2n) is 9.94. The summed E-state index contributed by atoms with van der Waals surface area (Å²) in [6, 6.07) is 3.85. The normalized spacial score (nSPS) is 23.3. The Morgan fingerprint density at radius 2 is 2.06 bits per heavy atom. The summed E-state index contributed by atoms with van der Waals surface area (Å²) in [5.74, 6) is 0.643. The Labute approximate surface area is 198 Å². The van der Waals surface area contributed by atoms with Gasteiger partial charge in [-0.3, -0.25) is 19.6 Å². The largest absolute Gasteiger partial charge is 0.327 e. The lowest BCUT2D eigenvalue weighted by Crippen LogP contribution is -2.56. The number of aromatic nitrogens is 1. The van der Waals surface area contributed by atoms with Crippen molar-refractivity contribution < 1.29 is 9.59 Å². The molecule has 0 aromatic carbocycles. The number of aryl methyl sites for hydroxylation is 1. The van der Waals surface area contributed by atoms with Crippen LogP contribution in [0.25, 0.3) is 0 Å². The zero-order valence-electron chi connectivity index (χ0n) is 20.3. The van der Waals surface area contributed by atoms with Gasteiger partial charge in [0, 0.05) is 45.1 Å². The Balaban J connectivity index is 1.34. The second-order valence-corrected chi connectivity index (χ2v) is 9.94. The molecule has 0 radical (unpaired) electrons. The third-order valence-electron chi connectivity index (χ3n) is 7.82. The number of carbonyl (C=O) groups is 2. The number of pyridine rings is 1. The lowest BCUT2D eigenvalue weighted by atomic mass is 9.83. The molecule has 1 atom stereocenters. The van der Waals surface area contributed by atoms with Crippen LogP contribution in [0.3, 0.4) is 0 Å². The molecule has 1 spiro atoms. The molecule has 33 heavy (non-hydrogen) atoms. The van der Waals surface area contributed by atoms with E-state index in [1.165, 1.54) is 22.5 Å². The first kappa shape index (κ1) is 23.7. The predicted molar refractivity (Wildman–Crippen MR) is 131 cm³/mol. The van der Waals surface area contributed by atoms with Gasteiger partial charge in [-0.25, -0.2) is 4.79 Å². The molecule has 3 heterocycles. The molecular weight excluding hydrogens is 412 g/mol. The van der Waals surface area contributed by atoms with Crippen molar-refractivity contribution in [1.29, 1.82) is 0 Å². The van der Waals surface area contributed by atoms with Crippen LogP contribution in [-0.2, 0) is 11.2 Å². The Bertz CT molecular complexity index is 902. The van der Waals surface area contributed by atoms with E-state index in [0.717, 1.165) is 63.7 Å². The topological polar surface area (TPSA) is 56.8 Å². The molecule has 6 nitrogen and oxygen atoms in total. The molecule has 0 unspecified atom stereocenters. The summed E-state index contributed by atoms with van der Waals surface area (Å²) in [7, 11) is 0. The maximum absolute atomic E-state index is 13.5. The number of carbonyl (C=O) groups excluding carboxylic acids is 2. The van der Waals surface area contributed by atoms with Crippen LogP contribution in [-0.4, -0.2) is 69.9 Å². The average molecular weight is 451 g/mol. The Kier molecular flexibility index (Phi) is 7.32. The summed E-state index contributed by atoms with van der Waals surface area (Å²) in [6.45, 7) is 12.0. The van der Waals surface area contributed by atoms with Crippen LogP contribution >= 0.6 is 0 Å². The van der Waals surface area contributed by atoms with Crippen LogP contribution in [0, 0.1) is 5.92 Å². The fourth-order valence-electron chi connectivity index (χ4n) is 5.74. The first-order valence-corrected chi connectivity index (χ1v) is 12.5. The molecule has 1 aromatic rings. The van der Waals surface area contributed by atoms with E-state index >= 15 is 0 Å². The molecular formula is C27H38N4O2. The van der Waals surface area contributed by atoms with E-state index in [1.807, 2.05) is 30.2 Å². The molecule has 1 aromatic heterocycles. The number of allylic oxidation sites excluding steroid dienone is 2. The molecule has 4 rings (SSSR count). The second kappa shape index (κ2) is 10.2. The van der Waals surface area contributed by atoms with Crippen LogP contribution in [0.2, 0.25) is 0 Å². The fourth-order valence-corrected chi connectivity index (χ4v) is 5.74. The van der Waals surface area contributed by atoms with E-state index < -0.39 is 5.54 Å². The minimum Gasteiger partial charge on any atom is -0.310 e. The van der Waals surface area contributed by atoms with Gasteiger partial charge in [0.1, 0.15) is 5.54 Å². The smallest absolute Gasteiger partial charge is 0.310 e. The van der Waals surface area contributed by atoms with Crippen molar-refractivity contribution in [2.45, 2.75) is 64.3 Å². The van der Waals surface area contributed by atoms with Crippen molar-refractivity contribution in [1.82, 2.24) is 19.7 Å². The Hall–Kier alpha value is -2.47. The summed E-state index contributed by atoms with van der Waals surface area (Å²) in [4.78, 5) is 36.6. The van der Waals surface area contributed by atoms with Gasteiger partial charge in [0.05, 0.1) is 0 Å². The number of hydrogen-bond acceptors (Lipinski definition) is 4. The molecule has 2 saturated heterocycles. The van der Waals surface area contributed by atoms with Gasteiger partial charge in [0.2, 0.25) is 0 Å². The zero-order chi connectivity index (χ0) is 23.4. The van der Waals surface area contributed by atoms with Crippen molar-refractivity contribution >= 4 is 11.9 Å². The summed E-state index contributed by atoms with van der Waals surface area (Å²) in [6.07, 6.45) is 12.5. The van der Waals surface area contributed by atoms with Crippen LogP contribution < -0.4 is 0 Å². The van der Waals surface area contributed by atoms with E-state index in [-0.39, 0.29) is 11.9 Å². The molecule has 178 valence electrons. The number of likely N-dealkylation sites (tertiary alicyclic amines) is 1. The minimum atomic E-state index is -0.650. The van der Waals surface area contributed by atoms with Crippen molar-refractivity contribution in [2.75, 3.05) is 32.7 Å². The summed E-state index contributed by atoms with van der Waals surface area (Å²) in [5.41, 5.74) is 3.29. The maximum atomic E-state index is 13.5. The SMILES string of the molecule is C=C(C)[C@@H]1CC=C(CN2CCC3(CC2)C(=O)N(CCCc2cccnc2)C(=O)N3CC)CC1. The highest BCUT2D eigenvalue weighted by molar-refractivity contribution is 6.07. The van der Waals surface area contributed by atoms with Gasteiger partial charge in [-0.1, -0.05) is 29.9 Å². The van der Waals surface area contributed by atoms with Crippen LogP contribution in [0.5, 0.6) is 0 Å². The molecule has 3 aliphatic rings. The maximum Gasteiger partial charge on any atom is 0.327 e. The average Bonchev–Trinajstić information content (AvgIpc) is 3.02. The highest BCUT2D eigenvalue weighted by atomic mass is 16.2. The summed E-state index contributed by atoms with van der Waals surface area (Å²) >= 11 is 0. The van der Waals surface area contributed by atoms with Gasteiger partial charge in [-0.15, -0.1) is 0 Å². The van der Waals surface area contributed by atoms with E-state index in [9.17, 15) is 9.59 Å². The highest BCUT2D eigenvalue weighted by Crippen LogP contribution is 2.38. The molecule has 1 aliphatic carbocycles. The Morgan fingerprint density at radius 1 is 1.27 bits per heavy atom. The summed E-state index contributed by atoms with van der Waals surface area (Å²) < 4.78 is 0.